The molecule has 0 radical (unpaired) electrons. The zero-order valence-corrected chi connectivity index (χ0v) is 17.6. The summed E-state index contributed by atoms with van der Waals surface area (Å²) in [4.78, 5) is 24.4. The lowest BCUT2D eigenvalue weighted by molar-refractivity contribution is -0.115. The highest BCUT2D eigenvalue weighted by Gasteiger charge is 2.18. The summed E-state index contributed by atoms with van der Waals surface area (Å²) in [5.41, 5.74) is 0.881. The summed E-state index contributed by atoms with van der Waals surface area (Å²) in [6.45, 7) is 5.30. The van der Waals surface area contributed by atoms with Gasteiger partial charge < -0.3 is 14.8 Å². The predicted molar refractivity (Wildman–Crippen MR) is 112 cm³/mol. The van der Waals surface area contributed by atoms with Gasteiger partial charge in [-0.1, -0.05) is 29.3 Å². The van der Waals surface area contributed by atoms with E-state index in [0.717, 1.165) is 0 Å². The second kappa shape index (κ2) is 9.17. The van der Waals surface area contributed by atoms with E-state index in [9.17, 15) is 9.59 Å². The second-order valence-corrected chi connectivity index (χ2v) is 7.85. The highest BCUT2D eigenvalue weighted by molar-refractivity contribution is 6.35. The first-order valence-corrected chi connectivity index (χ1v) is 9.25. The average Bonchev–Trinajstić information content (AvgIpc) is 2.56. The van der Waals surface area contributed by atoms with Gasteiger partial charge in [0.05, 0.1) is 19.2 Å². The van der Waals surface area contributed by atoms with Crippen molar-refractivity contribution < 1.29 is 19.1 Å². The third kappa shape index (κ3) is 6.62. The SMILES string of the molecule is COc1ccc(NC(=O)Cc2ccc(Cl)cc2Cl)cc1NC(=O)OC(C)(C)C. The van der Waals surface area contributed by atoms with Crippen molar-refractivity contribution in [1.82, 2.24) is 0 Å². The lowest BCUT2D eigenvalue weighted by Crippen LogP contribution is -2.27. The van der Waals surface area contributed by atoms with Gasteiger partial charge in [0.2, 0.25) is 5.91 Å². The van der Waals surface area contributed by atoms with Crippen molar-refractivity contribution in [3.63, 3.8) is 0 Å². The number of rotatable bonds is 5. The summed E-state index contributed by atoms with van der Waals surface area (Å²) >= 11 is 12.0. The number of anilines is 2. The standard InChI is InChI=1S/C20H22Cl2N2O4/c1-20(2,3)28-19(26)24-16-11-14(7-8-17(16)27-4)23-18(25)9-12-5-6-13(21)10-15(12)22/h5-8,10-11H,9H2,1-4H3,(H,23,25)(H,24,26). The van der Waals surface area contributed by atoms with Crippen LogP contribution in [0.2, 0.25) is 10.0 Å². The van der Waals surface area contributed by atoms with E-state index in [2.05, 4.69) is 10.6 Å². The Kier molecular flexibility index (Phi) is 7.16. The molecule has 0 aliphatic carbocycles. The number of amides is 2. The molecule has 0 bridgehead atoms. The van der Waals surface area contributed by atoms with Crippen molar-refractivity contribution >= 4 is 46.6 Å². The van der Waals surface area contributed by atoms with Crippen LogP contribution in [0.4, 0.5) is 16.2 Å². The second-order valence-electron chi connectivity index (χ2n) is 7.00. The number of nitrogens with one attached hydrogen (secondary N) is 2. The summed E-state index contributed by atoms with van der Waals surface area (Å²) < 4.78 is 10.5. The van der Waals surface area contributed by atoms with E-state index < -0.39 is 11.7 Å². The average molecular weight is 425 g/mol. The largest absolute Gasteiger partial charge is 0.495 e. The monoisotopic (exact) mass is 424 g/mol. The predicted octanol–water partition coefficient (Wildman–Crippen LogP) is 5.53. The number of ether oxygens (including phenoxy) is 2. The maximum atomic E-state index is 12.3. The van der Waals surface area contributed by atoms with Gasteiger partial charge in [0.1, 0.15) is 11.4 Å². The molecule has 0 saturated carbocycles. The van der Waals surface area contributed by atoms with Crippen LogP contribution in [-0.2, 0) is 16.0 Å². The van der Waals surface area contributed by atoms with Crippen molar-refractivity contribution in [3.05, 3.63) is 52.0 Å². The lowest BCUT2D eigenvalue weighted by atomic mass is 10.1. The van der Waals surface area contributed by atoms with Gasteiger partial charge >= 0.3 is 6.09 Å². The van der Waals surface area contributed by atoms with Crippen molar-refractivity contribution in [2.45, 2.75) is 32.8 Å². The fraction of sp³-hybridized carbons (Fsp3) is 0.300. The van der Waals surface area contributed by atoms with E-state index in [1.54, 1.807) is 57.2 Å². The van der Waals surface area contributed by atoms with E-state index in [1.807, 2.05) is 0 Å². The molecule has 0 saturated heterocycles. The van der Waals surface area contributed by atoms with Crippen LogP contribution in [-0.4, -0.2) is 24.7 Å². The number of methoxy groups -OCH3 is 1. The topological polar surface area (TPSA) is 76.7 Å². The zero-order valence-electron chi connectivity index (χ0n) is 16.1. The normalized spacial score (nSPS) is 10.9. The summed E-state index contributed by atoms with van der Waals surface area (Å²) in [5, 5.41) is 6.31. The molecule has 2 aromatic rings. The highest BCUT2D eigenvalue weighted by Crippen LogP contribution is 2.29. The molecule has 0 heterocycles. The molecule has 0 aliphatic rings. The molecule has 0 unspecified atom stereocenters. The third-order valence-corrected chi connectivity index (χ3v) is 4.07. The minimum atomic E-state index is -0.638. The Morgan fingerprint density at radius 2 is 1.75 bits per heavy atom. The van der Waals surface area contributed by atoms with Crippen LogP contribution in [0.1, 0.15) is 26.3 Å². The lowest BCUT2D eigenvalue weighted by Gasteiger charge is -2.20. The molecule has 150 valence electrons. The van der Waals surface area contributed by atoms with Gasteiger partial charge in [-0.25, -0.2) is 4.79 Å². The fourth-order valence-electron chi connectivity index (χ4n) is 2.34. The molecule has 2 amide bonds. The first kappa shape index (κ1) is 21.9. The summed E-state index contributed by atoms with van der Waals surface area (Å²) in [6, 6.07) is 9.85. The van der Waals surface area contributed by atoms with Crippen LogP contribution in [0.3, 0.4) is 0 Å². The number of hydrogen-bond donors (Lipinski definition) is 2. The molecule has 2 aromatic carbocycles. The fourth-order valence-corrected chi connectivity index (χ4v) is 2.82. The number of hydrogen-bond acceptors (Lipinski definition) is 4. The molecule has 2 N–H and O–H groups in total. The van der Waals surface area contributed by atoms with Crippen molar-refractivity contribution in [2.75, 3.05) is 17.7 Å². The van der Waals surface area contributed by atoms with E-state index in [1.165, 1.54) is 7.11 Å². The van der Waals surface area contributed by atoms with Crippen LogP contribution in [0.15, 0.2) is 36.4 Å². The zero-order chi connectivity index (χ0) is 20.9. The Bertz CT molecular complexity index is 879. The van der Waals surface area contributed by atoms with Crippen LogP contribution >= 0.6 is 23.2 Å². The summed E-state index contributed by atoms with van der Waals surface area (Å²) in [5.74, 6) is 0.169. The quantitative estimate of drug-likeness (QED) is 0.661. The maximum absolute atomic E-state index is 12.3. The van der Waals surface area contributed by atoms with Crippen LogP contribution in [0.25, 0.3) is 0 Å². The van der Waals surface area contributed by atoms with Crippen LogP contribution in [0.5, 0.6) is 5.75 Å². The van der Waals surface area contributed by atoms with Crippen molar-refractivity contribution in [2.24, 2.45) is 0 Å². The first-order chi connectivity index (χ1) is 13.1. The molecule has 2 rings (SSSR count). The van der Waals surface area contributed by atoms with Gasteiger partial charge in [0.25, 0.3) is 0 Å². The number of carbonyl (C=O) groups excluding carboxylic acids is 2. The number of carbonyl (C=O) groups is 2. The Balaban J connectivity index is 2.11. The highest BCUT2D eigenvalue weighted by atomic mass is 35.5. The van der Waals surface area contributed by atoms with Gasteiger partial charge in [-0.05, 0) is 56.7 Å². The van der Waals surface area contributed by atoms with Crippen LogP contribution < -0.4 is 15.4 Å². The molecule has 0 fully saturated rings. The van der Waals surface area contributed by atoms with Gasteiger partial charge in [0, 0.05) is 15.7 Å². The molecule has 0 atom stereocenters. The van der Waals surface area contributed by atoms with Gasteiger partial charge in [0.15, 0.2) is 0 Å². The molecular formula is C20H22Cl2N2O4. The molecule has 6 nitrogen and oxygen atoms in total. The summed E-state index contributed by atoms with van der Waals surface area (Å²) in [7, 11) is 1.48. The van der Waals surface area contributed by atoms with Crippen molar-refractivity contribution in [1.29, 1.82) is 0 Å². The van der Waals surface area contributed by atoms with Gasteiger partial charge in [-0.2, -0.15) is 0 Å². The molecule has 0 aromatic heterocycles. The molecule has 28 heavy (non-hydrogen) atoms. The smallest absolute Gasteiger partial charge is 0.412 e. The molecule has 8 heteroatoms. The maximum Gasteiger partial charge on any atom is 0.412 e. The van der Waals surface area contributed by atoms with E-state index in [0.29, 0.717) is 32.7 Å². The first-order valence-electron chi connectivity index (χ1n) is 8.49. The summed E-state index contributed by atoms with van der Waals surface area (Å²) in [6.07, 6.45) is -0.543. The van der Waals surface area contributed by atoms with E-state index >= 15 is 0 Å². The number of benzene rings is 2. The Labute approximate surface area is 174 Å². The Hall–Kier alpha value is -2.44. The Morgan fingerprint density at radius 1 is 1.04 bits per heavy atom. The van der Waals surface area contributed by atoms with Gasteiger partial charge in [-0.15, -0.1) is 0 Å². The molecular weight excluding hydrogens is 403 g/mol. The molecule has 0 spiro atoms. The Morgan fingerprint density at radius 3 is 2.36 bits per heavy atom. The van der Waals surface area contributed by atoms with Gasteiger partial charge in [-0.3, -0.25) is 10.1 Å². The van der Waals surface area contributed by atoms with Crippen LogP contribution in [0, 0.1) is 0 Å². The van der Waals surface area contributed by atoms with E-state index in [4.69, 9.17) is 32.7 Å². The number of halogens is 2. The van der Waals surface area contributed by atoms with E-state index in [-0.39, 0.29) is 12.3 Å². The minimum Gasteiger partial charge on any atom is -0.495 e. The third-order valence-electron chi connectivity index (χ3n) is 3.48. The van der Waals surface area contributed by atoms with Crippen molar-refractivity contribution in [3.8, 4) is 5.75 Å². The molecule has 0 aliphatic heterocycles. The minimum absolute atomic E-state index is 0.0802.